The molecule has 7 aromatic heterocycles. The van der Waals surface area contributed by atoms with Crippen LogP contribution in [0.3, 0.4) is 0 Å². The average Bonchev–Trinajstić information content (AvgIpc) is 1.76. The van der Waals surface area contributed by atoms with Crippen molar-refractivity contribution < 1.29 is 63.8 Å². The van der Waals surface area contributed by atoms with Crippen molar-refractivity contribution in [3.05, 3.63) is 335 Å². The molecule has 1 aliphatic rings. The topological polar surface area (TPSA) is 306 Å². The van der Waals surface area contributed by atoms with Crippen molar-refractivity contribution in [2.45, 2.75) is 87.4 Å². The second-order valence-corrected chi connectivity index (χ2v) is 31.9. The van der Waals surface area contributed by atoms with Gasteiger partial charge in [-0.2, -0.15) is 30.6 Å². The summed E-state index contributed by atoms with van der Waals surface area (Å²) in [6.45, 7) is 18.2. The lowest BCUT2D eigenvalue weighted by Gasteiger charge is -2.22. The molecule has 18 rings (SSSR count). The fraction of sp³-hybridized carbons (Fsp3) is 0.202. The molecule has 8 heterocycles. The zero-order valence-corrected chi connectivity index (χ0v) is 76.3. The smallest absolute Gasteiger partial charge is 0.161 e. The summed E-state index contributed by atoms with van der Waals surface area (Å²) in [5.41, 5.74) is 23.8. The minimum Gasteiger partial charge on any atom is -0.504 e. The molecular formula is C104H106ClN13O13. The van der Waals surface area contributed by atoms with E-state index in [4.69, 9.17) is 44.8 Å². The van der Waals surface area contributed by atoms with Crippen molar-refractivity contribution in [2.75, 3.05) is 55.9 Å². The first-order valence-electron chi connectivity index (χ1n) is 42.2. The lowest BCUT2D eigenvalue weighted by atomic mass is 10.0. The first kappa shape index (κ1) is 93.1. The maximum atomic E-state index is 9.94. The van der Waals surface area contributed by atoms with Crippen LogP contribution >= 0.6 is 11.6 Å². The highest BCUT2D eigenvalue weighted by Gasteiger charge is 2.21. The summed E-state index contributed by atoms with van der Waals surface area (Å²) in [6.07, 6.45) is 26.5. The fourth-order valence-electron chi connectivity index (χ4n) is 14.6. The molecule has 0 amide bonds. The van der Waals surface area contributed by atoms with Gasteiger partial charge in [0.05, 0.1) is 122 Å². The zero-order valence-electron chi connectivity index (χ0n) is 75.5. The van der Waals surface area contributed by atoms with E-state index in [0.29, 0.717) is 52.1 Å². The molecular weight excluding hydrogens is 1670 g/mol. The third kappa shape index (κ3) is 23.4. The van der Waals surface area contributed by atoms with Gasteiger partial charge in [0.15, 0.2) is 69.0 Å². The summed E-state index contributed by atoms with van der Waals surface area (Å²) in [7, 11) is 9.29. The van der Waals surface area contributed by atoms with Gasteiger partial charge in [-0.15, -0.1) is 0 Å². The molecule has 0 radical (unpaired) electrons. The number of methoxy groups -OCH3 is 6. The number of aromatic hydroxyl groups is 6. The standard InChI is InChI=1S/3C18H18N2O2.C17H15ClN2O2.C17H17N3O2.C16H20N2O3/c1-12-4-6-16(7-5-12)20-11-15(10-19-20)14-8-13(2)18(21)17(9-14)22-3;1-12-5-4-6-16(7-12)20-11-15(10-19-20)14-8-13(2)18(21)17(9-14)22-3;1-13-8-15(9-17(22-2)18(13)21)16-10-19-20(12-16)11-14-6-4-3-5-7-14;1-11-6-12(7-16(22-2)17(11)21)13-9-19-20(10-13)15-5-3-4-14(18)8-15;1-12-7-13(8-16(22-2)17(12)21)14-9-19-20(10-14)11-15-5-3-4-6-18-15;1-11-7-12(8-15(20-2)16(11)19)13-9-17-18(10-13)14-3-5-21-6-4-14/h2*4-11,21H,1-3H3;3-10,12,21H,11H2,1-2H3;3-10,21H,1-2H3;3-10,21H,11H2,1-2H3;7-10,14,19H,3-6H2,1-2H3. The monoisotopic (exact) mass is 1780 g/mol. The summed E-state index contributed by atoms with van der Waals surface area (Å²) in [4.78, 5) is 4.30. The van der Waals surface area contributed by atoms with E-state index in [2.05, 4.69) is 92.0 Å². The highest BCUT2D eigenvalue weighted by Crippen LogP contribution is 2.42. The Labute approximate surface area is 766 Å². The van der Waals surface area contributed by atoms with E-state index in [1.54, 1.807) is 64.9 Å². The molecule has 0 unspecified atom stereocenters. The van der Waals surface area contributed by atoms with Crippen LogP contribution in [-0.2, 0) is 17.8 Å². The van der Waals surface area contributed by atoms with Crippen LogP contribution in [0.5, 0.6) is 69.0 Å². The molecule has 0 saturated carbocycles. The Bertz CT molecular complexity index is 6440. The number of rotatable bonds is 20. The van der Waals surface area contributed by atoms with E-state index in [0.717, 1.165) is 155 Å². The summed E-state index contributed by atoms with van der Waals surface area (Å²) >= 11 is 6.01. The van der Waals surface area contributed by atoms with Gasteiger partial charge >= 0.3 is 0 Å². The van der Waals surface area contributed by atoms with Gasteiger partial charge in [0.1, 0.15) is 0 Å². The molecule has 6 N–H and O–H groups in total. The van der Waals surface area contributed by atoms with Gasteiger partial charge in [0, 0.05) is 95.0 Å². The van der Waals surface area contributed by atoms with Crippen LogP contribution in [-0.4, -0.2) is 150 Å². The molecule has 0 atom stereocenters. The fourth-order valence-corrected chi connectivity index (χ4v) is 14.8. The molecule has 0 spiro atoms. The van der Waals surface area contributed by atoms with Crippen LogP contribution in [0.25, 0.3) is 83.8 Å². The van der Waals surface area contributed by atoms with E-state index in [-0.39, 0.29) is 34.5 Å². The van der Waals surface area contributed by atoms with Gasteiger partial charge in [-0.25, -0.2) is 14.0 Å². The van der Waals surface area contributed by atoms with Gasteiger partial charge in [-0.1, -0.05) is 83.9 Å². The van der Waals surface area contributed by atoms with Crippen LogP contribution in [0.1, 0.15) is 74.6 Å². The molecule has 672 valence electrons. The molecule has 17 aromatic rings. The highest BCUT2D eigenvalue weighted by atomic mass is 35.5. The molecule has 27 heteroatoms. The Hall–Kier alpha value is -15.5. The number of aromatic nitrogens is 13. The molecule has 1 fully saturated rings. The second-order valence-electron chi connectivity index (χ2n) is 31.5. The third-order valence-electron chi connectivity index (χ3n) is 22.0. The lowest BCUT2D eigenvalue weighted by Crippen LogP contribution is -2.19. The maximum Gasteiger partial charge on any atom is 0.161 e. The highest BCUT2D eigenvalue weighted by molar-refractivity contribution is 6.30. The van der Waals surface area contributed by atoms with E-state index in [9.17, 15) is 30.6 Å². The Morgan fingerprint density at radius 3 is 1.05 bits per heavy atom. The minimum absolute atomic E-state index is 0.161. The third-order valence-corrected chi connectivity index (χ3v) is 22.2. The Balaban J connectivity index is 0.000000134. The molecule has 26 nitrogen and oxygen atoms in total. The second kappa shape index (κ2) is 43.3. The first-order valence-corrected chi connectivity index (χ1v) is 42.6. The number of hydrogen-bond donors (Lipinski definition) is 6. The van der Waals surface area contributed by atoms with Gasteiger partial charge < -0.3 is 63.8 Å². The normalized spacial score (nSPS) is 11.5. The predicted molar refractivity (Wildman–Crippen MR) is 510 cm³/mol. The molecule has 1 aliphatic heterocycles. The van der Waals surface area contributed by atoms with Gasteiger partial charge in [-0.05, 0) is 274 Å². The summed E-state index contributed by atoms with van der Waals surface area (Å²) in [6, 6.07) is 62.7. The van der Waals surface area contributed by atoms with Crippen LogP contribution in [0.4, 0.5) is 0 Å². The van der Waals surface area contributed by atoms with Crippen molar-refractivity contribution >= 4 is 11.6 Å². The van der Waals surface area contributed by atoms with E-state index in [1.165, 1.54) is 23.8 Å². The Morgan fingerprint density at radius 1 is 0.321 bits per heavy atom. The number of nitrogens with zero attached hydrogens (tertiary/aromatic N) is 13. The number of benzene rings is 10. The van der Waals surface area contributed by atoms with Crippen molar-refractivity contribution in [2.24, 2.45) is 0 Å². The largest absolute Gasteiger partial charge is 0.504 e. The molecule has 131 heavy (non-hydrogen) atoms. The van der Waals surface area contributed by atoms with Crippen molar-refractivity contribution in [3.8, 4) is 153 Å². The SMILES string of the molecule is COc1cc(-c2cnn(-c3ccc(C)cc3)c2)cc(C)c1O.COc1cc(-c2cnn(-c3cccc(C)c3)c2)cc(C)c1O.COc1cc(-c2cnn(-c3cccc(Cl)c3)c2)cc(C)c1O.COc1cc(-c2cnn(C3CCOCC3)c2)cc(C)c1O.COc1cc(-c2cnn(Cc3ccccc3)c2)cc(C)c1O.COc1cc(-c2cnn(Cc3ccccn3)c2)cc(C)c1O. The summed E-state index contributed by atoms with van der Waals surface area (Å²) in [5.74, 6) is 3.89. The number of halogens is 1. The van der Waals surface area contributed by atoms with E-state index >= 15 is 0 Å². The summed E-state index contributed by atoms with van der Waals surface area (Å²) < 4.78 is 47.9. The number of aryl methyl sites for hydroxylation is 8. The van der Waals surface area contributed by atoms with Crippen LogP contribution in [0.15, 0.2) is 275 Å². The van der Waals surface area contributed by atoms with Crippen molar-refractivity contribution in [1.82, 2.24) is 63.7 Å². The van der Waals surface area contributed by atoms with E-state index in [1.807, 2.05) is 272 Å². The molecule has 1 saturated heterocycles. The number of ether oxygens (including phenoxy) is 7. The van der Waals surface area contributed by atoms with Crippen LogP contribution in [0.2, 0.25) is 5.02 Å². The number of phenolic OH excluding ortho intramolecular Hbond substituents is 6. The van der Waals surface area contributed by atoms with Gasteiger partial charge in [0.25, 0.3) is 0 Å². The van der Waals surface area contributed by atoms with Crippen LogP contribution in [0, 0.1) is 55.4 Å². The Kier molecular flexibility index (Phi) is 30.8. The number of pyridine rings is 1. The average molecular weight is 1780 g/mol. The first-order chi connectivity index (χ1) is 63.3. The minimum atomic E-state index is 0.161. The van der Waals surface area contributed by atoms with Crippen molar-refractivity contribution in [1.29, 1.82) is 0 Å². The zero-order chi connectivity index (χ0) is 92.9. The molecule has 10 aromatic carbocycles. The van der Waals surface area contributed by atoms with Gasteiger partial charge in [-0.3, -0.25) is 19.0 Å². The number of phenols is 6. The molecule has 0 aliphatic carbocycles. The van der Waals surface area contributed by atoms with E-state index < -0.39 is 0 Å². The lowest BCUT2D eigenvalue weighted by molar-refractivity contribution is 0.0662. The van der Waals surface area contributed by atoms with Crippen LogP contribution < -0.4 is 28.4 Å². The number of hydrogen-bond acceptors (Lipinski definition) is 20. The Morgan fingerprint density at radius 2 is 0.672 bits per heavy atom. The maximum absolute atomic E-state index is 9.94. The predicted octanol–water partition coefficient (Wildman–Crippen LogP) is 21.5. The quantitative estimate of drug-likeness (QED) is 0.0413. The molecule has 0 bridgehead atoms. The van der Waals surface area contributed by atoms with Gasteiger partial charge in [0.2, 0.25) is 0 Å². The van der Waals surface area contributed by atoms with Crippen molar-refractivity contribution in [3.63, 3.8) is 0 Å². The summed E-state index contributed by atoms with van der Waals surface area (Å²) in [5, 5.41) is 86.7.